The molecule has 7 aromatic rings. The second-order valence-corrected chi connectivity index (χ2v) is 29.1. The molecule has 82 heavy (non-hydrogen) atoms. The fourth-order valence-electron chi connectivity index (χ4n) is 11.3. The van der Waals surface area contributed by atoms with E-state index in [9.17, 15) is 0 Å². The van der Waals surface area contributed by atoms with Gasteiger partial charge in [-0.25, -0.2) is 0 Å². The molecule has 7 aromatic carbocycles. The van der Waals surface area contributed by atoms with Gasteiger partial charge in [0, 0.05) is 0 Å². The summed E-state index contributed by atoms with van der Waals surface area (Å²) in [5.41, 5.74) is 0.154. The van der Waals surface area contributed by atoms with Crippen molar-refractivity contribution in [3.8, 4) is 28.0 Å². The second kappa shape index (κ2) is 22.1. The molecule has 4 aliphatic rings. The number of alkyl halides is 6. The van der Waals surface area contributed by atoms with Gasteiger partial charge in [-0.3, -0.25) is 0 Å². The van der Waals surface area contributed by atoms with E-state index in [1.54, 1.807) is 182 Å². The molecule has 14 heteroatoms. The maximum atomic E-state index is 15.9. The molecule has 0 aliphatic heterocycles. The summed E-state index contributed by atoms with van der Waals surface area (Å²) in [7, 11) is -2.41. The predicted molar refractivity (Wildman–Crippen MR) is 320 cm³/mol. The molecule has 408 valence electrons. The van der Waals surface area contributed by atoms with E-state index >= 15 is 35.9 Å². The van der Waals surface area contributed by atoms with Crippen molar-refractivity contribution in [2.75, 3.05) is 12.3 Å². The van der Waals surface area contributed by atoms with Crippen molar-refractivity contribution in [1.82, 2.24) is 0 Å². The minimum atomic E-state index is -5.41. The van der Waals surface area contributed by atoms with Crippen LogP contribution in [0.5, 0.6) is 5.75 Å². The number of carbonyl (C=O) groups excluding carboxylic acids is 2. The molecule has 0 atom stereocenters. The normalized spacial score (nSPS) is 13.1. The van der Waals surface area contributed by atoms with Gasteiger partial charge in [0.15, 0.2) is 0 Å². The van der Waals surface area contributed by atoms with Gasteiger partial charge in [-0.2, -0.15) is 0 Å². The standard InChI is InChI=1S/C68H51BF6O5P2/c70-67(71,72)56-45-57(68(73,74)75)47-58(46-56)78-69(79-81(59-33-17-5-18-34-59,60-35-19-6-20-36-60,48-65(76)50-25-9-1-10-26-50)63-41-52-29-13-3-14-30-53(52)42-63)80-82(61-37-21-7-22-38-61,62-39-23-8-24-40-62,49-66(77)51-27-11-2-12-28-51)64-43-54-31-15-4-16-32-55(54)44-64/h1-47H,48-49H2. The molecule has 0 N–H and O–H groups in total. The molecule has 5 nitrogen and oxygen atoms in total. The summed E-state index contributed by atoms with van der Waals surface area (Å²) in [6.45, 7) is -10.8. The molecular weight excluding hydrogens is 1080 g/mol. The number of Topliss-reactive ketones (excluding diaryl/α,β-unsaturated/α-hetero) is 2. The van der Waals surface area contributed by atoms with Crippen LogP contribution in [0.4, 0.5) is 26.3 Å². The summed E-state index contributed by atoms with van der Waals surface area (Å²) in [6, 6.07) is 80.3. The first kappa shape index (κ1) is 55.4. The Kier molecular flexibility index (Phi) is 14.9. The third-order valence-electron chi connectivity index (χ3n) is 15.2. The van der Waals surface area contributed by atoms with Crippen molar-refractivity contribution in [3.05, 3.63) is 307 Å². The number of halogens is 6. The predicted octanol–water partition coefficient (Wildman–Crippen LogP) is 15.0. The van der Waals surface area contributed by atoms with Crippen LogP contribution in [0.3, 0.4) is 0 Å². The first-order chi connectivity index (χ1) is 39.6. The third kappa shape index (κ3) is 10.1. The molecule has 0 heterocycles. The monoisotopic (exact) mass is 1130 g/mol. The number of rotatable bonds is 18. The summed E-state index contributed by atoms with van der Waals surface area (Å²) >= 11 is 0. The molecule has 0 saturated heterocycles. The Morgan fingerprint density at radius 1 is 0.329 bits per heavy atom. The van der Waals surface area contributed by atoms with E-state index < -0.39 is 74.1 Å². The van der Waals surface area contributed by atoms with Gasteiger partial charge >= 0.3 is 474 Å². The van der Waals surface area contributed by atoms with Crippen molar-refractivity contribution >= 4 is 64.4 Å². The number of benzene rings is 7. The molecule has 0 amide bonds. The van der Waals surface area contributed by atoms with Crippen molar-refractivity contribution in [3.63, 3.8) is 0 Å². The summed E-state index contributed by atoms with van der Waals surface area (Å²) in [6.07, 6.45) is -11.6. The molecular formula is C68H51BF6O5P2. The summed E-state index contributed by atoms with van der Waals surface area (Å²) in [4.78, 5) is 31.8. The van der Waals surface area contributed by atoms with Crippen molar-refractivity contribution in [2.45, 2.75) is 12.4 Å². The quantitative estimate of drug-likeness (QED) is 0.0371. The minimum absolute atomic E-state index is 0.0214. The zero-order valence-corrected chi connectivity index (χ0v) is 45.6. The van der Waals surface area contributed by atoms with Crippen LogP contribution in [-0.4, -0.2) is 31.2 Å². The molecule has 0 fully saturated rings. The Hall–Kier alpha value is -8.50. The molecule has 0 spiro atoms. The summed E-state index contributed by atoms with van der Waals surface area (Å²) in [5, 5.41) is 2.66. The molecule has 0 aromatic heterocycles. The Morgan fingerprint density at radius 2 is 0.585 bits per heavy atom. The van der Waals surface area contributed by atoms with Crippen LogP contribution in [0.1, 0.15) is 31.8 Å². The Balaban J connectivity index is 1.34. The van der Waals surface area contributed by atoms with Gasteiger partial charge in [0.2, 0.25) is 0 Å². The van der Waals surface area contributed by atoms with Crippen LogP contribution < -0.4 is 36.5 Å². The number of hydrogen-bond donors (Lipinski definition) is 0. The van der Waals surface area contributed by atoms with Crippen molar-refractivity contribution < 1.29 is 49.5 Å². The van der Waals surface area contributed by atoms with Crippen molar-refractivity contribution in [2.24, 2.45) is 0 Å². The van der Waals surface area contributed by atoms with Crippen LogP contribution >= 0.6 is 13.7 Å². The third-order valence-corrected chi connectivity index (χ3v) is 26.6. The molecule has 0 saturated carbocycles. The zero-order valence-electron chi connectivity index (χ0n) is 43.8. The van der Waals surface area contributed by atoms with Gasteiger partial charge in [0.05, 0.1) is 0 Å². The first-order valence-corrected chi connectivity index (χ1v) is 31.0. The molecule has 11 rings (SSSR count). The van der Waals surface area contributed by atoms with E-state index in [0.29, 0.717) is 55.1 Å². The van der Waals surface area contributed by atoms with Crippen molar-refractivity contribution in [1.29, 1.82) is 0 Å². The average molecular weight is 1130 g/mol. The van der Waals surface area contributed by atoms with Gasteiger partial charge < -0.3 is 0 Å². The molecule has 0 bridgehead atoms. The SMILES string of the molecule is O=C(CP(OB(Oc1cc(C(F)(F)F)cc(C(F)(F)F)c1)OP(CC(=O)c1ccccc1)(c1ccccc1)(c1ccccc1)c1cc2cccccc-2c1)(c1ccccc1)(c1ccccc1)c1cc2cccccc-2c1)c1ccccc1. The zero-order chi connectivity index (χ0) is 57.1. The number of ketones is 2. The summed E-state index contributed by atoms with van der Waals surface area (Å²) < 4.78 is 114. The summed E-state index contributed by atoms with van der Waals surface area (Å²) in [5.74, 6) is -1.76. The van der Waals surface area contributed by atoms with Gasteiger partial charge in [-0.15, -0.1) is 0 Å². The number of fused-ring (bicyclic) bond motifs is 2. The Bertz CT molecular complexity index is 3570. The Morgan fingerprint density at radius 3 is 0.854 bits per heavy atom. The van der Waals surface area contributed by atoms with Gasteiger partial charge in [0.25, 0.3) is 0 Å². The molecule has 0 radical (unpaired) electrons. The number of carbonyl (C=O) groups is 2. The van der Waals surface area contributed by atoms with Crippen LogP contribution in [0.25, 0.3) is 22.3 Å². The van der Waals surface area contributed by atoms with Crippen LogP contribution in [-0.2, 0) is 21.2 Å². The van der Waals surface area contributed by atoms with Crippen LogP contribution in [0.15, 0.2) is 285 Å². The Labute approximate surface area is 471 Å². The van der Waals surface area contributed by atoms with E-state index in [0.717, 1.165) is 22.3 Å². The van der Waals surface area contributed by atoms with Crippen LogP contribution in [0.2, 0.25) is 0 Å². The van der Waals surface area contributed by atoms with E-state index in [4.69, 9.17) is 13.5 Å². The fourth-order valence-corrected chi connectivity index (χ4v) is 22.4. The fraction of sp³-hybridized carbons (Fsp3) is 0.0588. The molecule has 0 unspecified atom stereocenters. The van der Waals surface area contributed by atoms with Crippen LogP contribution in [0, 0.1) is 0 Å². The van der Waals surface area contributed by atoms with Gasteiger partial charge in [-0.05, 0) is 0 Å². The van der Waals surface area contributed by atoms with E-state index in [-0.39, 0.29) is 6.07 Å². The number of hydrogen-bond acceptors (Lipinski definition) is 5. The van der Waals surface area contributed by atoms with Gasteiger partial charge in [-0.1, -0.05) is 0 Å². The first-order valence-electron chi connectivity index (χ1n) is 26.3. The molecule has 4 aliphatic carbocycles. The topological polar surface area (TPSA) is 61.8 Å². The van der Waals surface area contributed by atoms with Gasteiger partial charge in [0.1, 0.15) is 0 Å². The van der Waals surface area contributed by atoms with E-state index in [1.165, 1.54) is 0 Å². The second-order valence-electron chi connectivity index (χ2n) is 20.1. The maximum absolute atomic E-state index is 15.9. The van der Waals surface area contributed by atoms with E-state index in [1.807, 2.05) is 84.9 Å². The average Bonchev–Trinajstić information content (AvgIpc) is 1.65. The van der Waals surface area contributed by atoms with E-state index in [2.05, 4.69) is 0 Å².